The van der Waals surface area contributed by atoms with E-state index in [2.05, 4.69) is 26.0 Å². The molecule has 0 aromatic carbocycles. The molecule has 0 heterocycles. The minimum atomic E-state index is 0.662. The SMILES string of the molecule is CC/C=C/C(C)CCN. The summed E-state index contributed by atoms with van der Waals surface area (Å²) in [7, 11) is 0. The molecule has 0 amide bonds. The van der Waals surface area contributed by atoms with Gasteiger partial charge in [0.05, 0.1) is 0 Å². The lowest BCUT2D eigenvalue weighted by Gasteiger charge is -2.00. The molecule has 0 rings (SSSR count). The molecule has 1 atom stereocenters. The van der Waals surface area contributed by atoms with Crippen LogP contribution in [0.1, 0.15) is 26.7 Å². The Kier molecular flexibility index (Phi) is 5.64. The average Bonchev–Trinajstić information content (AvgIpc) is 1.85. The standard InChI is InChI=1S/C8H17N/c1-3-4-5-8(2)6-7-9/h4-5,8H,3,6-7,9H2,1-2H3/b5-4+. The Labute approximate surface area is 57.9 Å². The summed E-state index contributed by atoms with van der Waals surface area (Å²) < 4.78 is 0. The van der Waals surface area contributed by atoms with Gasteiger partial charge in [-0.15, -0.1) is 0 Å². The third kappa shape index (κ3) is 5.57. The highest BCUT2D eigenvalue weighted by molar-refractivity contribution is 4.85. The summed E-state index contributed by atoms with van der Waals surface area (Å²) in [6.45, 7) is 5.14. The van der Waals surface area contributed by atoms with E-state index >= 15 is 0 Å². The van der Waals surface area contributed by atoms with Gasteiger partial charge in [0, 0.05) is 0 Å². The van der Waals surface area contributed by atoms with Gasteiger partial charge in [-0.25, -0.2) is 0 Å². The molecule has 0 aromatic heterocycles. The molecule has 1 heteroatoms. The molecule has 0 bridgehead atoms. The minimum Gasteiger partial charge on any atom is -0.330 e. The van der Waals surface area contributed by atoms with Gasteiger partial charge in [0.25, 0.3) is 0 Å². The Morgan fingerprint density at radius 1 is 1.56 bits per heavy atom. The van der Waals surface area contributed by atoms with E-state index in [1.165, 1.54) is 0 Å². The zero-order valence-electron chi connectivity index (χ0n) is 6.43. The van der Waals surface area contributed by atoms with Crippen molar-refractivity contribution < 1.29 is 0 Å². The first-order chi connectivity index (χ1) is 4.31. The maximum atomic E-state index is 5.37. The van der Waals surface area contributed by atoms with E-state index in [4.69, 9.17) is 5.73 Å². The van der Waals surface area contributed by atoms with Gasteiger partial charge in [-0.3, -0.25) is 0 Å². The normalized spacial score (nSPS) is 14.6. The molecule has 0 aliphatic rings. The Balaban J connectivity index is 3.25. The first kappa shape index (κ1) is 8.70. The lowest BCUT2D eigenvalue weighted by molar-refractivity contribution is 0.656. The molecule has 54 valence electrons. The van der Waals surface area contributed by atoms with Crippen molar-refractivity contribution in [3.63, 3.8) is 0 Å². The topological polar surface area (TPSA) is 26.0 Å². The van der Waals surface area contributed by atoms with Gasteiger partial charge in [-0.1, -0.05) is 26.0 Å². The van der Waals surface area contributed by atoms with Crippen molar-refractivity contribution in [3.8, 4) is 0 Å². The summed E-state index contributed by atoms with van der Waals surface area (Å²) in [5.74, 6) is 0.662. The molecule has 0 fully saturated rings. The van der Waals surface area contributed by atoms with Gasteiger partial charge in [0.2, 0.25) is 0 Å². The van der Waals surface area contributed by atoms with Crippen molar-refractivity contribution in [3.05, 3.63) is 12.2 Å². The molecule has 0 spiro atoms. The second-order valence-corrected chi connectivity index (χ2v) is 2.39. The number of nitrogens with two attached hydrogens (primary N) is 1. The first-order valence-corrected chi connectivity index (χ1v) is 3.68. The van der Waals surface area contributed by atoms with Crippen molar-refractivity contribution in [1.29, 1.82) is 0 Å². The van der Waals surface area contributed by atoms with Crippen molar-refractivity contribution >= 4 is 0 Å². The fourth-order valence-corrected chi connectivity index (χ4v) is 0.728. The number of rotatable bonds is 4. The maximum Gasteiger partial charge on any atom is -0.00718 e. The van der Waals surface area contributed by atoms with E-state index in [0.717, 1.165) is 19.4 Å². The third-order valence-corrected chi connectivity index (χ3v) is 1.32. The van der Waals surface area contributed by atoms with Crippen molar-refractivity contribution in [1.82, 2.24) is 0 Å². The molecular formula is C8H17N. The molecule has 1 nitrogen and oxygen atoms in total. The molecule has 0 aromatic rings. The molecule has 2 N–H and O–H groups in total. The van der Waals surface area contributed by atoms with Crippen LogP contribution in [0, 0.1) is 5.92 Å². The zero-order chi connectivity index (χ0) is 7.11. The molecular weight excluding hydrogens is 110 g/mol. The maximum absolute atomic E-state index is 5.37. The highest BCUT2D eigenvalue weighted by Crippen LogP contribution is 2.01. The lowest BCUT2D eigenvalue weighted by atomic mass is 10.1. The third-order valence-electron chi connectivity index (χ3n) is 1.32. The molecule has 1 unspecified atom stereocenters. The van der Waals surface area contributed by atoms with Crippen molar-refractivity contribution in [2.45, 2.75) is 26.7 Å². The molecule has 0 saturated heterocycles. The van der Waals surface area contributed by atoms with E-state index in [1.54, 1.807) is 0 Å². The fraction of sp³-hybridized carbons (Fsp3) is 0.750. The van der Waals surface area contributed by atoms with Crippen LogP contribution in [0.5, 0.6) is 0 Å². The van der Waals surface area contributed by atoms with Gasteiger partial charge in [0.15, 0.2) is 0 Å². The summed E-state index contributed by atoms with van der Waals surface area (Å²) in [4.78, 5) is 0. The van der Waals surface area contributed by atoms with Crippen molar-refractivity contribution in [2.24, 2.45) is 11.7 Å². The molecule has 0 aliphatic heterocycles. The summed E-state index contributed by atoms with van der Waals surface area (Å²) >= 11 is 0. The van der Waals surface area contributed by atoms with Crippen LogP contribution in [-0.2, 0) is 0 Å². The fourth-order valence-electron chi connectivity index (χ4n) is 0.728. The van der Waals surface area contributed by atoms with Crippen LogP contribution in [0.25, 0.3) is 0 Å². The second-order valence-electron chi connectivity index (χ2n) is 2.39. The van der Waals surface area contributed by atoms with Gasteiger partial charge < -0.3 is 5.73 Å². The number of hydrogen-bond acceptors (Lipinski definition) is 1. The van der Waals surface area contributed by atoms with E-state index in [-0.39, 0.29) is 0 Å². The van der Waals surface area contributed by atoms with Gasteiger partial charge in [-0.2, -0.15) is 0 Å². The predicted molar refractivity (Wildman–Crippen MR) is 42.3 cm³/mol. The van der Waals surface area contributed by atoms with E-state index in [0.29, 0.717) is 5.92 Å². The summed E-state index contributed by atoms with van der Waals surface area (Å²) in [5, 5.41) is 0. The Bertz CT molecular complexity index is 76.6. The first-order valence-electron chi connectivity index (χ1n) is 3.68. The van der Waals surface area contributed by atoms with Crippen LogP contribution in [0.15, 0.2) is 12.2 Å². The number of allylic oxidation sites excluding steroid dienone is 2. The van der Waals surface area contributed by atoms with Crippen LogP contribution in [0.3, 0.4) is 0 Å². The smallest absolute Gasteiger partial charge is 0.00718 e. The number of hydrogen-bond donors (Lipinski definition) is 1. The van der Waals surface area contributed by atoms with Crippen LogP contribution < -0.4 is 5.73 Å². The van der Waals surface area contributed by atoms with Gasteiger partial charge >= 0.3 is 0 Å². The van der Waals surface area contributed by atoms with Crippen LogP contribution in [0.4, 0.5) is 0 Å². The second kappa shape index (κ2) is 5.83. The van der Waals surface area contributed by atoms with Crippen LogP contribution in [0.2, 0.25) is 0 Å². The van der Waals surface area contributed by atoms with Gasteiger partial charge in [-0.05, 0) is 25.3 Å². The van der Waals surface area contributed by atoms with E-state index < -0.39 is 0 Å². The summed E-state index contributed by atoms with van der Waals surface area (Å²) in [6, 6.07) is 0. The molecule has 0 aliphatic carbocycles. The van der Waals surface area contributed by atoms with E-state index in [1.807, 2.05) is 0 Å². The van der Waals surface area contributed by atoms with Crippen LogP contribution >= 0.6 is 0 Å². The molecule has 0 radical (unpaired) electrons. The minimum absolute atomic E-state index is 0.662. The van der Waals surface area contributed by atoms with Gasteiger partial charge in [0.1, 0.15) is 0 Å². The highest BCUT2D eigenvalue weighted by atomic mass is 14.5. The Morgan fingerprint density at radius 2 is 2.22 bits per heavy atom. The van der Waals surface area contributed by atoms with E-state index in [9.17, 15) is 0 Å². The highest BCUT2D eigenvalue weighted by Gasteiger charge is 1.91. The molecule has 0 saturated carbocycles. The average molecular weight is 127 g/mol. The summed E-state index contributed by atoms with van der Waals surface area (Å²) in [6.07, 6.45) is 6.67. The Hall–Kier alpha value is -0.300. The monoisotopic (exact) mass is 127 g/mol. The van der Waals surface area contributed by atoms with Crippen LogP contribution in [-0.4, -0.2) is 6.54 Å². The zero-order valence-corrected chi connectivity index (χ0v) is 6.43. The predicted octanol–water partition coefficient (Wildman–Crippen LogP) is 1.94. The van der Waals surface area contributed by atoms with Crippen molar-refractivity contribution in [2.75, 3.05) is 6.54 Å². The lowest BCUT2D eigenvalue weighted by Crippen LogP contribution is -2.03. The summed E-state index contributed by atoms with van der Waals surface area (Å²) in [5.41, 5.74) is 5.37. The Morgan fingerprint density at radius 3 is 2.67 bits per heavy atom. The quantitative estimate of drug-likeness (QED) is 0.574. The molecule has 9 heavy (non-hydrogen) atoms. The largest absolute Gasteiger partial charge is 0.330 e.